The molecular weight excluding hydrogens is 346 g/mol. The number of piperidine rings is 1. The molecule has 2 aliphatic heterocycles. The fraction of sp³-hybridized carbons (Fsp3) is 0.565. The fourth-order valence-corrected chi connectivity index (χ4v) is 4.84. The van der Waals surface area contributed by atoms with Crippen molar-refractivity contribution >= 4 is 11.5 Å². The zero-order valence-corrected chi connectivity index (χ0v) is 16.9. The van der Waals surface area contributed by atoms with Crippen molar-refractivity contribution < 1.29 is 0 Å². The molecule has 2 saturated heterocycles. The van der Waals surface area contributed by atoms with Gasteiger partial charge >= 0.3 is 0 Å². The van der Waals surface area contributed by atoms with E-state index in [1.54, 1.807) is 6.33 Å². The van der Waals surface area contributed by atoms with Crippen LogP contribution in [0.2, 0.25) is 0 Å². The maximum Gasteiger partial charge on any atom is 0.132 e. The molecule has 0 amide bonds. The average Bonchev–Trinajstić information content (AvgIpc) is 3.60. The fourth-order valence-electron chi connectivity index (χ4n) is 4.84. The molecule has 148 valence electrons. The van der Waals surface area contributed by atoms with Gasteiger partial charge in [0.1, 0.15) is 12.1 Å². The Kier molecular flexibility index (Phi) is 4.93. The van der Waals surface area contributed by atoms with Gasteiger partial charge in [-0.25, -0.2) is 9.97 Å². The first-order valence-electron chi connectivity index (χ1n) is 10.9. The third kappa shape index (κ3) is 3.72. The van der Waals surface area contributed by atoms with Crippen LogP contribution in [0.3, 0.4) is 0 Å². The highest BCUT2D eigenvalue weighted by atomic mass is 15.3. The molecule has 0 N–H and O–H groups in total. The maximum absolute atomic E-state index is 4.60. The highest BCUT2D eigenvalue weighted by Gasteiger charge is 2.30. The van der Waals surface area contributed by atoms with Crippen molar-refractivity contribution in [2.45, 2.75) is 44.6 Å². The number of hydrogen-bond acceptors (Lipinski definition) is 5. The second-order valence-corrected chi connectivity index (χ2v) is 8.63. The van der Waals surface area contributed by atoms with Crippen LogP contribution in [0.4, 0.5) is 11.5 Å². The molecule has 3 heterocycles. The summed E-state index contributed by atoms with van der Waals surface area (Å²) in [6.07, 6.45) is 6.93. The Balaban J connectivity index is 1.21. The molecule has 5 heteroatoms. The number of anilines is 2. The molecule has 0 spiro atoms. The van der Waals surface area contributed by atoms with Crippen LogP contribution in [0.1, 0.15) is 42.9 Å². The summed E-state index contributed by atoms with van der Waals surface area (Å²) >= 11 is 0. The van der Waals surface area contributed by atoms with E-state index in [1.807, 2.05) is 0 Å². The molecule has 1 saturated carbocycles. The zero-order valence-electron chi connectivity index (χ0n) is 16.9. The molecule has 5 rings (SSSR count). The zero-order chi connectivity index (χ0) is 18.9. The van der Waals surface area contributed by atoms with E-state index in [0.29, 0.717) is 12.0 Å². The number of nitrogens with zero attached hydrogens (tertiary/aromatic N) is 5. The van der Waals surface area contributed by atoms with Crippen LogP contribution in [0.5, 0.6) is 0 Å². The number of aromatic nitrogens is 2. The van der Waals surface area contributed by atoms with Gasteiger partial charge in [0.05, 0.1) is 0 Å². The third-order valence-electron chi connectivity index (χ3n) is 6.68. The summed E-state index contributed by atoms with van der Waals surface area (Å²) in [6.45, 7) is 9.01. The highest BCUT2D eigenvalue weighted by Crippen LogP contribution is 2.39. The standard InChI is InChI=1S/C23H31N5/c1-18-5-2-3-7-22(18)27-13-11-26(12-14-27)20-6-4-10-28(16-20)23-15-21(19-8-9-19)24-17-25-23/h2-3,5,7,15,17,19-20H,4,6,8-14,16H2,1H3/t20-/m0/s1. The van der Waals surface area contributed by atoms with Gasteiger partial charge in [-0.15, -0.1) is 0 Å². The van der Waals surface area contributed by atoms with E-state index in [0.717, 1.165) is 45.1 Å². The summed E-state index contributed by atoms with van der Waals surface area (Å²) in [7, 11) is 0. The van der Waals surface area contributed by atoms with Gasteiger partial charge in [-0.1, -0.05) is 18.2 Å². The van der Waals surface area contributed by atoms with Crippen molar-refractivity contribution in [3.05, 3.63) is 47.9 Å². The normalized spacial score (nSPS) is 23.8. The molecule has 28 heavy (non-hydrogen) atoms. The topological polar surface area (TPSA) is 35.5 Å². The summed E-state index contributed by atoms with van der Waals surface area (Å²) in [5.41, 5.74) is 4.04. The van der Waals surface area contributed by atoms with Crippen molar-refractivity contribution in [2.75, 3.05) is 49.1 Å². The van der Waals surface area contributed by atoms with Crippen molar-refractivity contribution in [3.8, 4) is 0 Å². The quantitative estimate of drug-likeness (QED) is 0.815. The van der Waals surface area contributed by atoms with E-state index >= 15 is 0 Å². The summed E-state index contributed by atoms with van der Waals surface area (Å²) in [6, 6.07) is 11.7. The average molecular weight is 378 g/mol. The van der Waals surface area contributed by atoms with Crippen LogP contribution in [0, 0.1) is 6.92 Å². The van der Waals surface area contributed by atoms with Gasteiger partial charge in [-0.05, 0) is 44.2 Å². The molecule has 0 radical (unpaired) electrons. The monoisotopic (exact) mass is 377 g/mol. The lowest BCUT2D eigenvalue weighted by atomic mass is 10.0. The van der Waals surface area contributed by atoms with Gasteiger partial charge in [-0.3, -0.25) is 4.90 Å². The number of benzene rings is 1. The van der Waals surface area contributed by atoms with Crippen LogP contribution in [0.25, 0.3) is 0 Å². The minimum atomic E-state index is 0.645. The minimum absolute atomic E-state index is 0.645. The number of rotatable bonds is 4. The summed E-state index contributed by atoms with van der Waals surface area (Å²) < 4.78 is 0. The Morgan fingerprint density at radius 2 is 1.71 bits per heavy atom. The van der Waals surface area contributed by atoms with Gasteiger partial charge in [0.2, 0.25) is 0 Å². The minimum Gasteiger partial charge on any atom is -0.369 e. The summed E-state index contributed by atoms with van der Waals surface area (Å²) in [5, 5.41) is 0. The van der Waals surface area contributed by atoms with E-state index in [1.165, 1.54) is 42.6 Å². The van der Waals surface area contributed by atoms with Gasteiger partial charge in [0.15, 0.2) is 0 Å². The predicted octanol–water partition coefficient (Wildman–Crippen LogP) is 3.45. The lowest BCUT2D eigenvalue weighted by Gasteiger charge is -2.44. The maximum atomic E-state index is 4.60. The Hall–Kier alpha value is -2.14. The molecule has 0 unspecified atom stereocenters. The second-order valence-electron chi connectivity index (χ2n) is 8.63. The Morgan fingerprint density at radius 1 is 0.893 bits per heavy atom. The van der Waals surface area contributed by atoms with Crippen molar-refractivity contribution in [1.82, 2.24) is 14.9 Å². The Bertz CT molecular complexity index is 810. The summed E-state index contributed by atoms with van der Waals surface area (Å²) in [4.78, 5) is 16.9. The van der Waals surface area contributed by atoms with E-state index < -0.39 is 0 Å². The van der Waals surface area contributed by atoms with Crippen LogP contribution >= 0.6 is 0 Å². The highest BCUT2D eigenvalue weighted by molar-refractivity contribution is 5.53. The molecule has 3 fully saturated rings. The first-order valence-corrected chi connectivity index (χ1v) is 10.9. The number of para-hydroxylation sites is 1. The lowest BCUT2D eigenvalue weighted by Crippen LogP contribution is -2.55. The van der Waals surface area contributed by atoms with E-state index in [2.05, 4.69) is 61.9 Å². The molecule has 2 aromatic rings. The Morgan fingerprint density at radius 3 is 2.50 bits per heavy atom. The molecule has 1 aromatic heterocycles. The molecular formula is C23H31N5. The molecule has 1 aromatic carbocycles. The van der Waals surface area contributed by atoms with Crippen LogP contribution in [0.15, 0.2) is 36.7 Å². The van der Waals surface area contributed by atoms with Gasteiger partial charge in [-0.2, -0.15) is 0 Å². The Labute approximate surface area is 168 Å². The van der Waals surface area contributed by atoms with Gasteiger partial charge in [0.25, 0.3) is 0 Å². The number of aryl methyl sites for hydroxylation is 1. The molecule has 1 aliphatic carbocycles. The molecule has 0 bridgehead atoms. The van der Waals surface area contributed by atoms with Crippen LogP contribution in [-0.4, -0.2) is 60.2 Å². The third-order valence-corrected chi connectivity index (χ3v) is 6.68. The molecule has 5 nitrogen and oxygen atoms in total. The number of piperazine rings is 1. The SMILES string of the molecule is Cc1ccccc1N1CCN([C@H]2CCCN(c3cc(C4CC4)ncn3)C2)CC1. The largest absolute Gasteiger partial charge is 0.369 e. The number of hydrogen-bond donors (Lipinski definition) is 0. The van der Waals surface area contributed by atoms with Crippen molar-refractivity contribution in [3.63, 3.8) is 0 Å². The van der Waals surface area contributed by atoms with E-state index in [9.17, 15) is 0 Å². The van der Waals surface area contributed by atoms with E-state index in [4.69, 9.17) is 0 Å². The smallest absolute Gasteiger partial charge is 0.132 e. The van der Waals surface area contributed by atoms with Crippen LogP contribution in [-0.2, 0) is 0 Å². The molecule has 3 aliphatic rings. The molecule has 1 atom stereocenters. The second kappa shape index (κ2) is 7.70. The predicted molar refractivity (Wildman–Crippen MR) is 114 cm³/mol. The van der Waals surface area contributed by atoms with Crippen molar-refractivity contribution in [2.24, 2.45) is 0 Å². The first kappa shape index (κ1) is 17.9. The van der Waals surface area contributed by atoms with Crippen molar-refractivity contribution in [1.29, 1.82) is 0 Å². The summed E-state index contributed by atoms with van der Waals surface area (Å²) in [5.74, 6) is 1.83. The van der Waals surface area contributed by atoms with Crippen LogP contribution < -0.4 is 9.80 Å². The van der Waals surface area contributed by atoms with E-state index in [-0.39, 0.29) is 0 Å². The lowest BCUT2D eigenvalue weighted by molar-refractivity contribution is 0.166. The van der Waals surface area contributed by atoms with Gasteiger partial charge in [0, 0.05) is 68.7 Å². The first-order chi connectivity index (χ1) is 13.8. The van der Waals surface area contributed by atoms with Gasteiger partial charge < -0.3 is 9.80 Å².